The molecule has 0 aromatic rings. The maximum absolute atomic E-state index is 11.1. The van der Waals surface area contributed by atoms with Crippen molar-refractivity contribution in [3.05, 3.63) is 0 Å². The van der Waals surface area contributed by atoms with E-state index in [-0.39, 0.29) is 6.54 Å². The summed E-state index contributed by atoms with van der Waals surface area (Å²) >= 11 is 0. The molecule has 1 atom stereocenters. The van der Waals surface area contributed by atoms with Crippen molar-refractivity contribution >= 4 is 12.0 Å². The van der Waals surface area contributed by atoms with Crippen LogP contribution >= 0.6 is 0 Å². The van der Waals surface area contributed by atoms with Gasteiger partial charge in [-0.1, -0.05) is 0 Å². The molecule has 0 rings (SSSR count). The minimum atomic E-state index is -1.30. The first kappa shape index (κ1) is 15.6. The zero-order valence-corrected chi connectivity index (χ0v) is 9.64. The van der Waals surface area contributed by atoms with Gasteiger partial charge in [0.05, 0.1) is 26.4 Å². The largest absolute Gasteiger partial charge is 0.480 e. The molecule has 0 aliphatic carbocycles. The van der Waals surface area contributed by atoms with Crippen molar-refractivity contribution in [1.29, 1.82) is 0 Å². The minimum Gasteiger partial charge on any atom is -0.480 e. The van der Waals surface area contributed by atoms with Crippen LogP contribution < -0.4 is 10.6 Å². The highest BCUT2D eigenvalue weighted by Gasteiger charge is 2.17. The number of amides is 2. The van der Waals surface area contributed by atoms with Gasteiger partial charge in [0.25, 0.3) is 0 Å². The Bertz CT molecular complexity index is 236. The number of carboxylic acid groups (broad SMARTS) is 1. The number of aliphatic carboxylic acids is 1. The number of urea groups is 1. The molecule has 0 unspecified atom stereocenters. The molecule has 0 aliphatic rings. The summed E-state index contributed by atoms with van der Waals surface area (Å²) in [5.41, 5.74) is 0. The molecule has 0 radical (unpaired) electrons. The average molecular weight is 250 g/mol. The van der Waals surface area contributed by atoms with Crippen LogP contribution in [0.3, 0.4) is 0 Å². The predicted molar refractivity (Wildman–Crippen MR) is 57.7 cm³/mol. The van der Waals surface area contributed by atoms with Gasteiger partial charge < -0.3 is 30.3 Å². The zero-order chi connectivity index (χ0) is 13.1. The van der Waals surface area contributed by atoms with E-state index in [1.807, 2.05) is 0 Å². The Hall–Kier alpha value is -1.38. The van der Waals surface area contributed by atoms with Crippen LogP contribution in [0.15, 0.2) is 0 Å². The summed E-state index contributed by atoms with van der Waals surface area (Å²) in [7, 11) is 1.55. The smallest absolute Gasteiger partial charge is 0.328 e. The highest BCUT2D eigenvalue weighted by Crippen LogP contribution is 1.82. The van der Waals surface area contributed by atoms with Crippen LogP contribution in [0, 0.1) is 0 Å². The summed E-state index contributed by atoms with van der Waals surface area (Å²) in [5.74, 6) is -1.29. The molecule has 0 saturated carbocycles. The van der Waals surface area contributed by atoms with Crippen molar-refractivity contribution in [2.24, 2.45) is 0 Å². The second kappa shape index (κ2) is 9.82. The Morgan fingerprint density at radius 1 is 1.29 bits per heavy atom. The first-order valence-electron chi connectivity index (χ1n) is 5.06. The Labute approximate surface area is 98.9 Å². The molecule has 0 aromatic carbocycles. The number of carbonyl (C=O) groups excluding carboxylic acids is 1. The van der Waals surface area contributed by atoms with Gasteiger partial charge in [-0.15, -0.1) is 0 Å². The van der Waals surface area contributed by atoms with Crippen LogP contribution in [0.4, 0.5) is 4.79 Å². The number of nitrogens with one attached hydrogen (secondary N) is 2. The minimum absolute atomic E-state index is 0.243. The lowest BCUT2D eigenvalue weighted by Crippen LogP contribution is -2.48. The second-order valence-corrected chi connectivity index (χ2v) is 3.08. The topological polar surface area (TPSA) is 117 Å². The van der Waals surface area contributed by atoms with Crippen molar-refractivity contribution in [3.63, 3.8) is 0 Å². The normalized spacial score (nSPS) is 11.9. The van der Waals surface area contributed by atoms with E-state index in [0.717, 1.165) is 0 Å². The standard InChI is InChI=1S/C9H18N2O6/c1-16-4-5-17-3-2-10-9(15)11-7(6-12)8(13)14/h7,12H,2-6H2,1H3,(H,13,14)(H2,10,11,15)/t7-/m1/s1. The molecule has 0 heterocycles. The maximum Gasteiger partial charge on any atom is 0.328 e. The predicted octanol–water partition coefficient (Wildman–Crippen LogP) is -1.61. The Morgan fingerprint density at radius 3 is 2.53 bits per heavy atom. The highest BCUT2D eigenvalue weighted by molar-refractivity contribution is 5.82. The fourth-order valence-corrected chi connectivity index (χ4v) is 0.876. The van der Waals surface area contributed by atoms with Crippen LogP contribution in [-0.2, 0) is 14.3 Å². The van der Waals surface area contributed by atoms with Crippen LogP contribution in [0.1, 0.15) is 0 Å². The van der Waals surface area contributed by atoms with E-state index >= 15 is 0 Å². The average Bonchev–Trinajstić information content (AvgIpc) is 2.30. The quantitative estimate of drug-likeness (QED) is 0.366. The first-order chi connectivity index (χ1) is 8.11. The zero-order valence-electron chi connectivity index (χ0n) is 9.64. The number of hydrogen-bond donors (Lipinski definition) is 4. The monoisotopic (exact) mass is 250 g/mol. The lowest BCUT2D eigenvalue weighted by Gasteiger charge is -2.12. The molecule has 0 fully saturated rings. The van der Waals surface area contributed by atoms with E-state index in [0.29, 0.717) is 19.8 Å². The van der Waals surface area contributed by atoms with Gasteiger partial charge in [-0.2, -0.15) is 0 Å². The van der Waals surface area contributed by atoms with E-state index in [1.165, 1.54) is 0 Å². The fourth-order valence-electron chi connectivity index (χ4n) is 0.876. The van der Waals surface area contributed by atoms with E-state index in [1.54, 1.807) is 7.11 Å². The van der Waals surface area contributed by atoms with Crippen molar-refractivity contribution in [2.75, 3.05) is 40.1 Å². The number of methoxy groups -OCH3 is 1. The van der Waals surface area contributed by atoms with Crippen molar-refractivity contribution in [2.45, 2.75) is 6.04 Å². The summed E-state index contributed by atoms with van der Waals surface area (Å²) in [6, 6.07) is -1.97. The summed E-state index contributed by atoms with van der Waals surface area (Å²) in [6.07, 6.45) is 0. The lowest BCUT2D eigenvalue weighted by molar-refractivity contribution is -0.140. The van der Waals surface area contributed by atoms with E-state index in [4.69, 9.17) is 19.7 Å². The maximum atomic E-state index is 11.1. The number of rotatable bonds is 9. The summed E-state index contributed by atoms with van der Waals surface area (Å²) in [5, 5.41) is 21.7. The number of aliphatic hydroxyl groups is 1. The number of carboxylic acids is 1. The highest BCUT2D eigenvalue weighted by atomic mass is 16.5. The molecule has 0 spiro atoms. The Morgan fingerprint density at radius 2 is 2.00 bits per heavy atom. The lowest BCUT2D eigenvalue weighted by atomic mass is 10.3. The van der Waals surface area contributed by atoms with Gasteiger partial charge in [-0.3, -0.25) is 0 Å². The van der Waals surface area contributed by atoms with Crippen molar-refractivity contribution in [3.8, 4) is 0 Å². The molecule has 8 nitrogen and oxygen atoms in total. The molecule has 0 aliphatic heterocycles. The van der Waals surface area contributed by atoms with Gasteiger partial charge in [-0.05, 0) is 0 Å². The van der Waals surface area contributed by atoms with Gasteiger partial charge in [0, 0.05) is 13.7 Å². The number of carbonyl (C=O) groups is 2. The van der Waals surface area contributed by atoms with E-state index < -0.39 is 24.6 Å². The number of hydrogen-bond acceptors (Lipinski definition) is 5. The van der Waals surface area contributed by atoms with E-state index in [2.05, 4.69) is 10.6 Å². The van der Waals surface area contributed by atoms with Crippen molar-refractivity contribution in [1.82, 2.24) is 10.6 Å². The van der Waals surface area contributed by atoms with Gasteiger partial charge in [0.1, 0.15) is 0 Å². The molecule has 100 valence electrons. The molecule has 8 heteroatoms. The second-order valence-electron chi connectivity index (χ2n) is 3.08. The fraction of sp³-hybridized carbons (Fsp3) is 0.778. The Kier molecular flexibility index (Phi) is 9.02. The van der Waals surface area contributed by atoms with Gasteiger partial charge in [0.2, 0.25) is 0 Å². The third-order valence-electron chi connectivity index (χ3n) is 1.75. The molecule has 0 aromatic heterocycles. The summed E-state index contributed by atoms with van der Waals surface area (Å²) in [4.78, 5) is 21.6. The van der Waals surface area contributed by atoms with Gasteiger partial charge >= 0.3 is 12.0 Å². The Balaban J connectivity index is 3.55. The van der Waals surface area contributed by atoms with Crippen molar-refractivity contribution < 1.29 is 29.3 Å². The van der Waals surface area contributed by atoms with Crippen LogP contribution in [0.2, 0.25) is 0 Å². The molecule has 4 N–H and O–H groups in total. The molecular formula is C9H18N2O6. The van der Waals surface area contributed by atoms with Gasteiger partial charge in [-0.25, -0.2) is 9.59 Å². The van der Waals surface area contributed by atoms with Gasteiger partial charge in [0.15, 0.2) is 6.04 Å². The number of ether oxygens (including phenoxy) is 2. The molecule has 2 amide bonds. The van der Waals surface area contributed by atoms with E-state index in [9.17, 15) is 9.59 Å². The SMILES string of the molecule is COCCOCCNC(=O)N[C@H](CO)C(=O)O. The van der Waals surface area contributed by atoms with Crippen LogP contribution in [-0.4, -0.2) is 68.3 Å². The summed E-state index contributed by atoms with van der Waals surface area (Å²) < 4.78 is 9.82. The molecular weight excluding hydrogens is 232 g/mol. The molecule has 17 heavy (non-hydrogen) atoms. The molecule has 0 saturated heterocycles. The van der Waals surface area contributed by atoms with Crippen LogP contribution in [0.25, 0.3) is 0 Å². The molecule has 0 bridgehead atoms. The third kappa shape index (κ3) is 8.43. The third-order valence-corrected chi connectivity index (χ3v) is 1.75. The first-order valence-corrected chi connectivity index (χ1v) is 5.06. The number of aliphatic hydroxyl groups excluding tert-OH is 1. The summed E-state index contributed by atoms with van der Waals surface area (Å²) in [6.45, 7) is 0.778. The van der Waals surface area contributed by atoms with Crippen LogP contribution in [0.5, 0.6) is 0 Å².